The van der Waals surface area contributed by atoms with Gasteiger partial charge in [0.25, 0.3) is 0 Å². The van der Waals surface area contributed by atoms with Crippen molar-refractivity contribution in [3.8, 4) is 5.75 Å². The number of allylic oxidation sites excluding steroid dienone is 2. The highest BCUT2D eigenvalue weighted by atomic mass is 16.3. The maximum absolute atomic E-state index is 12.8. The zero-order chi connectivity index (χ0) is 14.6. The van der Waals surface area contributed by atoms with Crippen LogP contribution in [-0.4, -0.2) is 10.9 Å². The van der Waals surface area contributed by atoms with Gasteiger partial charge < -0.3 is 5.11 Å². The van der Waals surface area contributed by atoms with Gasteiger partial charge in [0.1, 0.15) is 5.75 Å². The zero-order valence-electron chi connectivity index (χ0n) is 12.5. The molecule has 1 aromatic rings. The first-order valence-corrected chi connectivity index (χ1v) is 8.16. The number of benzene rings is 1. The molecule has 0 aliphatic heterocycles. The predicted molar refractivity (Wildman–Crippen MR) is 82.3 cm³/mol. The first kappa shape index (κ1) is 13.1. The van der Waals surface area contributed by atoms with Gasteiger partial charge in [-0.2, -0.15) is 0 Å². The summed E-state index contributed by atoms with van der Waals surface area (Å²) in [6, 6.07) is 5.54. The van der Waals surface area contributed by atoms with Crippen LogP contribution in [0, 0.1) is 23.7 Å². The molecule has 2 nitrogen and oxygen atoms in total. The summed E-state index contributed by atoms with van der Waals surface area (Å²) in [5.41, 5.74) is 3.20. The number of Topliss-reactive ketones (excluding diaryl/α,β-unsaturated/α-hetero) is 1. The van der Waals surface area contributed by atoms with E-state index in [2.05, 4.69) is 13.0 Å². The third kappa shape index (κ3) is 1.96. The number of phenols is 1. The van der Waals surface area contributed by atoms with Gasteiger partial charge in [-0.05, 0) is 68.4 Å². The molecule has 0 spiro atoms. The van der Waals surface area contributed by atoms with E-state index in [-0.39, 0.29) is 17.5 Å². The maximum Gasteiger partial charge on any atom is 0.170 e. The van der Waals surface area contributed by atoms with Crippen LogP contribution >= 0.6 is 0 Å². The molecule has 1 fully saturated rings. The maximum atomic E-state index is 12.8. The van der Waals surface area contributed by atoms with E-state index in [1.807, 2.05) is 12.1 Å². The Labute approximate surface area is 125 Å². The smallest absolute Gasteiger partial charge is 0.170 e. The van der Waals surface area contributed by atoms with Crippen molar-refractivity contribution in [1.82, 2.24) is 0 Å². The molecule has 0 aromatic heterocycles. The van der Waals surface area contributed by atoms with Crippen LogP contribution in [0.2, 0.25) is 0 Å². The van der Waals surface area contributed by atoms with Crippen LogP contribution in [0.25, 0.3) is 0 Å². The minimum atomic E-state index is 0.138. The standard InChI is InChI=1S/C19H22O2/c1-11-5-7-14-12(9-11)6-8-15-16(14)10-13-3-2-4-17(20)18(13)19(15)21/h2-5,12,14-16,20H,6-10H2,1H3. The Hall–Kier alpha value is -1.57. The van der Waals surface area contributed by atoms with Crippen LogP contribution in [0.5, 0.6) is 5.75 Å². The van der Waals surface area contributed by atoms with Gasteiger partial charge in [0, 0.05) is 5.92 Å². The molecule has 4 unspecified atom stereocenters. The summed E-state index contributed by atoms with van der Waals surface area (Å²) in [7, 11) is 0. The zero-order valence-corrected chi connectivity index (χ0v) is 12.5. The number of aromatic hydroxyl groups is 1. The number of hydrogen-bond acceptors (Lipinski definition) is 2. The van der Waals surface area contributed by atoms with E-state index in [0.717, 1.165) is 30.7 Å². The van der Waals surface area contributed by atoms with Crippen molar-refractivity contribution >= 4 is 5.78 Å². The highest BCUT2D eigenvalue weighted by molar-refractivity contribution is 6.02. The summed E-state index contributed by atoms with van der Waals surface area (Å²) in [5, 5.41) is 10.1. The van der Waals surface area contributed by atoms with Gasteiger partial charge in [0.05, 0.1) is 5.56 Å². The number of fused-ring (bicyclic) bond motifs is 4. The molecule has 0 amide bonds. The Bertz CT molecular complexity index is 628. The highest BCUT2D eigenvalue weighted by Gasteiger charge is 2.46. The fourth-order valence-corrected chi connectivity index (χ4v) is 5.02. The lowest BCUT2D eigenvalue weighted by Gasteiger charge is -2.47. The number of carbonyl (C=O) groups is 1. The Morgan fingerprint density at radius 3 is 2.86 bits per heavy atom. The lowest BCUT2D eigenvalue weighted by Crippen LogP contribution is -2.43. The van der Waals surface area contributed by atoms with E-state index < -0.39 is 0 Å². The third-order valence-corrected chi connectivity index (χ3v) is 6.01. The second kappa shape index (κ2) is 4.72. The van der Waals surface area contributed by atoms with Crippen molar-refractivity contribution < 1.29 is 9.90 Å². The van der Waals surface area contributed by atoms with Crippen LogP contribution in [0.4, 0.5) is 0 Å². The monoisotopic (exact) mass is 282 g/mol. The van der Waals surface area contributed by atoms with Crippen LogP contribution in [0.15, 0.2) is 29.8 Å². The molecule has 0 bridgehead atoms. The van der Waals surface area contributed by atoms with Crippen molar-refractivity contribution in [3.05, 3.63) is 41.0 Å². The quantitative estimate of drug-likeness (QED) is 0.726. The van der Waals surface area contributed by atoms with Crippen LogP contribution in [0.3, 0.4) is 0 Å². The van der Waals surface area contributed by atoms with Crippen molar-refractivity contribution in [2.75, 3.05) is 0 Å². The summed E-state index contributed by atoms with van der Waals surface area (Å²) in [4.78, 5) is 12.8. The molecule has 1 aromatic carbocycles. The summed E-state index contributed by atoms with van der Waals surface area (Å²) in [6.45, 7) is 2.24. The fourth-order valence-electron chi connectivity index (χ4n) is 5.02. The molecule has 1 saturated carbocycles. The first-order chi connectivity index (χ1) is 10.1. The van der Waals surface area contributed by atoms with Gasteiger partial charge in [0.15, 0.2) is 5.78 Å². The second-order valence-corrected chi connectivity index (χ2v) is 7.14. The molecule has 110 valence electrons. The largest absolute Gasteiger partial charge is 0.507 e. The van der Waals surface area contributed by atoms with E-state index in [1.165, 1.54) is 18.4 Å². The minimum Gasteiger partial charge on any atom is -0.507 e. The van der Waals surface area contributed by atoms with Crippen molar-refractivity contribution in [1.29, 1.82) is 0 Å². The summed E-state index contributed by atoms with van der Waals surface area (Å²) >= 11 is 0. The Morgan fingerprint density at radius 2 is 2.00 bits per heavy atom. The third-order valence-electron chi connectivity index (χ3n) is 6.01. The van der Waals surface area contributed by atoms with Crippen molar-refractivity contribution in [2.45, 2.75) is 39.0 Å². The number of rotatable bonds is 0. The average Bonchev–Trinajstić information content (AvgIpc) is 2.46. The first-order valence-electron chi connectivity index (χ1n) is 8.16. The number of ketones is 1. The van der Waals surface area contributed by atoms with E-state index >= 15 is 0 Å². The Morgan fingerprint density at radius 1 is 1.14 bits per heavy atom. The normalized spacial score (nSPS) is 34.5. The van der Waals surface area contributed by atoms with Crippen molar-refractivity contribution in [3.63, 3.8) is 0 Å². The second-order valence-electron chi connectivity index (χ2n) is 7.14. The van der Waals surface area contributed by atoms with Gasteiger partial charge in [-0.25, -0.2) is 0 Å². The van der Waals surface area contributed by atoms with Crippen LogP contribution in [-0.2, 0) is 6.42 Å². The van der Waals surface area contributed by atoms with E-state index in [4.69, 9.17) is 0 Å². The van der Waals surface area contributed by atoms with Gasteiger partial charge in [-0.1, -0.05) is 23.8 Å². The fraction of sp³-hybridized carbons (Fsp3) is 0.526. The molecule has 3 aliphatic carbocycles. The summed E-state index contributed by atoms with van der Waals surface area (Å²) in [5.74, 6) is 2.42. The van der Waals surface area contributed by atoms with Crippen LogP contribution < -0.4 is 0 Å². The molecule has 21 heavy (non-hydrogen) atoms. The number of hydrogen-bond donors (Lipinski definition) is 1. The van der Waals surface area contributed by atoms with E-state index in [9.17, 15) is 9.90 Å². The van der Waals surface area contributed by atoms with Crippen molar-refractivity contribution in [2.24, 2.45) is 23.7 Å². The number of phenolic OH excluding ortho intramolecular Hbond substituents is 1. The highest BCUT2D eigenvalue weighted by Crippen LogP contribution is 2.51. The Balaban J connectivity index is 1.73. The predicted octanol–water partition coefficient (Wildman–Crippen LogP) is 4.13. The van der Waals surface area contributed by atoms with E-state index in [1.54, 1.807) is 6.07 Å². The Kier molecular flexibility index (Phi) is 2.95. The van der Waals surface area contributed by atoms with Gasteiger partial charge in [-0.15, -0.1) is 0 Å². The topological polar surface area (TPSA) is 37.3 Å². The summed E-state index contributed by atoms with van der Waals surface area (Å²) < 4.78 is 0. The average molecular weight is 282 g/mol. The lowest BCUT2D eigenvalue weighted by atomic mass is 9.57. The van der Waals surface area contributed by atoms with Gasteiger partial charge >= 0.3 is 0 Å². The summed E-state index contributed by atoms with van der Waals surface area (Å²) in [6.07, 6.45) is 7.88. The molecule has 3 aliphatic rings. The molecule has 0 heterocycles. The minimum absolute atomic E-state index is 0.138. The molecular formula is C19H22O2. The number of carbonyl (C=O) groups excluding carboxylic acids is 1. The molecule has 4 atom stereocenters. The molecule has 0 radical (unpaired) electrons. The molecule has 1 N–H and O–H groups in total. The van der Waals surface area contributed by atoms with E-state index in [0.29, 0.717) is 17.4 Å². The molecule has 4 rings (SSSR count). The SMILES string of the molecule is CC1=CCC2C(CCC3C(=O)c4c(O)cccc4CC32)C1. The molecular weight excluding hydrogens is 260 g/mol. The van der Waals surface area contributed by atoms with Gasteiger partial charge in [-0.3, -0.25) is 4.79 Å². The van der Waals surface area contributed by atoms with Gasteiger partial charge in [0.2, 0.25) is 0 Å². The lowest BCUT2D eigenvalue weighted by molar-refractivity contribution is 0.0538. The molecule has 0 saturated heterocycles. The molecule has 2 heteroatoms. The van der Waals surface area contributed by atoms with Crippen LogP contribution in [0.1, 0.15) is 48.5 Å².